The van der Waals surface area contributed by atoms with Crippen LogP contribution in [0.15, 0.2) is 23.1 Å². The summed E-state index contributed by atoms with van der Waals surface area (Å²) in [6, 6.07) is 4.03. The van der Waals surface area contributed by atoms with Crippen molar-refractivity contribution in [2.45, 2.75) is 24.7 Å². The number of carbonyl (C=O) groups excluding carboxylic acids is 1. The van der Waals surface area contributed by atoms with Crippen LogP contribution in [-0.4, -0.2) is 37.7 Å². The largest absolute Gasteiger partial charge is 0.478 e. The number of sulfone groups is 1. The topological polar surface area (TPSA) is 101 Å². The Bertz CT molecular complexity index is 677. The Labute approximate surface area is 123 Å². The summed E-state index contributed by atoms with van der Waals surface area (Å²) in [4.78, 5) is 22.6. The third-order valence-corrected chi connectivity index (χ3v) is 5.21. The van der Waals surface area contributed by atoms with Crippen molar-refractivity contribution in [2.24, 2.45) is 5.92 Å². The summed E-state index contributed by atoms with van der Waals surface area (Å²) >= 11 is 0. The van der Waals surface area contributed by atoms with E-state index in [0.29, 0.717) is 12.5 Å². The molecule has 0 heterocycles. The van der Waals surface area contributed by atoms with E-state index >= 15 is 0 Å². The van der Waals surface area contributed by atoms with Crippen molar-refractivity contribution in [1.29, 1.82) is 0 Å². The zero-order chi connectivity index (χ0) is 15.6. The van der Waals surface area contributed by atoms with Gasteiger partial charge in [-0.05, 0) is 43.4 Å². The molecule has 1 saturated carbocycles. The van der Waals surface area contributed by atoms with E-state index in [2.05, 4.69) is 5.32 Å². The zero-order valence-corrected chi connectivity index (χ0v) is 12.4. The summed E-state index contributed by atoms with van der Waals surface area (Å²) in [5, 5.41) is 11.6. The lowest BCUT2D eigenvalue weighted by Crippen LogP contribution is -2.32. The van der Waals surface area contributed by atoms with Crippen LogP contribution in [0.5, 0.6) is 0 Å². The zero-order valence-electron chi connectivity index (χ0n) is 11.6. The highest BCUT2D eigenvalue weighted by atomic mass is 32.2. The summed E-state index contributed by atoms with van der Waals surface area (Å²) in [6.45, 7) is 1.93. The molecule has 1 amide bonds. The summed E-state index contributed by atoms with van der Waals surface area (Å²) in [7, 11) is -3.85. The molecule has 2 rings (SSSR count). The highest BCUT2D eigenvalue weighted by Crippen LogP contribution is 2.27. The van der Waals surface area contributed by atoms with Crippen LogP contribution in [0.3, 0.4) is 0 Å². The number of rotatable bonds is 6. The van der Waals surface area contributed by atoms with Crippen molar-refractivity contribution < 1.29 is 23.1 Å². The van der Waals surface area contributed by atoms with Gasteiger partial charge < -0.3 is 10.4 Å². The molecule has 1 aromatic rings. The molecule has 0 radical (unpaired) electrons. The Morgan fingerprint density at radius 2 is 2.00 bits per heavy atom. The van der Waals surface area contributed by atoms with Gasteiger partial charge in [0.15, 0.2) is 9.84 Å². The molecule has 0 atom stereocenters. The second kappa shape index (κ2) is 5.85. The minimum Gasteiger partial charge on any atom is -0.478 e. The summed E-state index contributed by atoms with van der Waals surface area (Å²) in [5.74, 6) is -1.94. The van der Waals surface area contributed by atoms with E-state index in [-0.39, 0.29) is 16.0 Å². The fraction of sp³-hybridized carbons (Fsp3) is 0.429. The van der Waals surface area contributed by atoms with Crippen LogP contribution in [-0.2, 0) is 14.6 Å². The number of carboxylic acid groups (broad SMARTS) is 1. The Hall–Kier alpha value is -1.89. The third kappa shape index (κ3) is 3.81. The van der Waals surface area contributed by atoms with Crippen LogP contribution in [0.2, 0.25) is 0 Å². The number of nitrogens with one attached hydrogen (secondary N) is 1. The van der Waals surface area contributed by atoms with Gasteiger partial charge in [-0.15, -0.1) is 0 Å². The first-order chi connectivity index (χ1) is 9.81. The molecule has 1 aromatic carbocycles. The highest BCUT2D eigenvalue weighted by molar-refractivity contribution is 7.92. The number of benzene rings is 1. The first-order valence-corrected chi connectivity index (χ1v) is 8.29. The van der Waals surface area contributed by atoms with Gasteiger partial charge in [0, 0.05) is 6.54 Å². The molecule has 1 fully saturated rings. The van der Waals surface area contributed by atoms with Crippen molar-refractivity contribution in [3.05, 3.63) is 29.3 Å². The molecular weight excluding hydrogens is 294 g/mol. The van der Waals surface area contributed by atoms with Gasteiger partial charge in [0.05, 0.1) is 10.5 Å². The van der Waals surface area contributed by atoms with Crippen LogP contribution < -0.4 is 5.32 Å². The number of hydrogen-bond acceptors (Lipinski definition) is 4. The molecule has 0 spiro atoms. The van der Waals surface area contributed by atoms with E-state index in [9.17, 15) is 18.0 Å². The standard InChI is InChI=1S/C14H17NO5S/c1-9-11(14(17)18)3-2-4-12(9)21(19,20)8-13(16)15-7-10-5-6-10/h2-4,10H,5-8H2,1H3,(H,15,16)(H,17,18). The average molecular weight is 311 g/mol. The smallest absolute Gasteiger partial charge is 0.335 e. The van der Waals surface area contributed by atoms with E-state index in [1.165, 1.54) is 25.1 Å². The fourth-order valence-electron chi connectivity index (χ4n) is 2.06. The van der Waals surface area contributed by atoms with Gasteiger partial charge in [-0.25, -0.2) is 13.2 Å². The molecule has 0 unspecified atom stereocenters. The second-order valence-electron chi connectivity index (χ2n) is 5.24. The molecule has 0 aliphatic heterocycles. The predicted octanol–water partition coefficient (Wildman–Crippen LogP) is 0.993. The van der Waals surface area contributed by atoms with E-state index in [0.717, 1.165) is 12.8 Å². The number of aromatic carboxylic acids is 1. The first-order valence-electron chi connectivity index (χ1n) is 6.63. The average Bonchev–Trinajstić information content (AvgIpc) is 3.19. The maximum absolute atomic E-state index is 12.2. The maximum Gasteiger partial charge on any atom is 0.335 e. The van der Waals surface area contributed by atoms with Gasteiger partial charge in [0.25, 0.3) is 0 Å². The molecule has 0 saturated heterocycles. The normalized spacial score (nSPS) is 14.7. The molecule has 21 heavy (non-hydrogen) atoms. The van der Waals surface area contributed by atoms with Crippen molar-refractivity contribution in [2.75, 3.05) is 12.3 Å². The van der Waals surface area contributed by atoms with Gasteiger partial charge in [-0.3, -0.25) is 4.79 Å². The molecule has 114 valence electrons. The van der Waals surface area contributed by atoms with Crippen LogP contribution in [0.25, 0.3) is 0 Å². The second-order valence-corrected chi connectivity index (χ2v) is 7.20. The van der Waals surface area contributed by atoms with Crippen LogP contribution >= 0.6 is 0 Å². The van der Waals surface area contributed by atoms with Crippen molar-refractivity contribution in [1.82, 2.24) is 5.32 Å². The SMILES string of the molecule is Cc1c(C(=O)O)cccc1S(=O)(=O)CC(=O)NCC1CC1. The molecule has 7 heteroatoms. The van der Waals surface area contributed by atoms with Gasteiger partial charge in [-0.1, -0.05) is 6.07 Å². The Balaban J connectivity index is 2.16. The van der Waals surface area contributed by atoms with Gasteiger partial charge in [0.2, 0.25) is 5.91 Å². The van der Waals surface area contributed by atoms with Gasteiger partial charge in [0.1, 0.15) is 5.75 Å². The summed E-state index contributed by atoms with van der Waals surface area (Å²) < 4.78 is 24.5. The van der Waals surface area contributed by atoms with Gasteiger partial charge >= 0.3 is 5.97 Å². The van der Waals surface area contributed by atoms with Crippen molar-refractivity contribution in [3.8, 4) is 0 Å². The lowest BCUT2D eigenvalue weighted by Gasteiger charge is -2.10. The van der Waals surface area contributed by atoms with E-state index in [1.54, 1.807) is 0 Å². The number of hydrogen-bond donors (Lipinski definition) is 2. The molecule has 1 aliphatic carbocycles. The summed E-state index contributed by atoms with van der Waals surface area (Å²) in [5.41, 5.74) is 0.0782. The fourth-order valence-corrected chi connectivity index (χ4v) is 3.53. The molecular formula is C14H17NO5S. The highest BCUT2D eigenvalue weighted by Gasteiger charge is 2.26. The molecule has 0 bridgehead atoms. The third-order valence-electron chi connectivity index (χ3n) is 3.46. The number of carboxylic acids is 1. The predicted molar refractivity (Wildman–Crippen MR) is 75.9 cm³/mol. The lowest BCUT2D eigenvalue weighted by molar-refractivity contribution is -0.118. The Morgan fingerprint density at radius 3 is 2.57 bits per heavy atom. The Morgan fingerprint density at radius 1 is 1.33 bits per heavy atom. The Kier molecular flexibility index (Phi) is 4.32. The summed E-state index contributed by atoms with van der Waals surface area (Å²) in [6.07, 6.45) is 2.12. The van der Waals surface area contributed by atoms with E-state index in [4.69, 9.17) is 5.11 Å². The number of amides is 1. The van der Waals surface area contributed by atoms with E-state index < -0.39 is 27.5 Å². The number of carbonyl (C=O) groups is 2. The quantitative estimate of drug-likeness (QED) is 0.816. The first kappa shape index (κ1) is 15.5. The van der Waals surface area contributed by atoms with Crippen LogP contribution in [0.4, 0.5) is 0 Å². The molecule has 6 nitrogen and oxygen atoms in total. The lowest BCUT2D eigenvalue weighted by atomic mass is 10.1. The van der Waals surface area contributed by atoms with Crippen molar-refractivity contribution >= 4 is 21.7 Å². The van der Waals surface area contributed by atoms with Crippen LogP contribution in [0.1, 0.15) is 28.8 Å². The van der Waals surface area contributed by atoms with Gasteiger partial charge in [-0.2, -0.15) is 0 Å². The van der Waals surface area contributed by atoms with Crippen LogP contribution in [0, 0.1) is 12.8 Å². The molecule has 0 aromatic heterocycles. The minimum absolute atomic E-state index is 0.0746. The monoisotopic (exact) mass is 311 g/mol. The molecule has 1 aliphatic rings. The molecule has 2 N–H and O–H groups in total. The van der Waals surface area contributed by atoms with Crippen molar-refractivity contribution in [3.63, 3.8) is 0 Å². The maximum atomic E-state index is 12.2. The minimum atomic E-state index is -3.85. The van der Waals surface area contributed by atoms with E-state index in [1.807, 2.05) is 0 Å².